The van der Waals surface area contributed by atoms with Crippen molar-refractivity contribution < 1.29 is 4.52 Å². The van der Waals surface area contributed by atoms with E-state index in [1.54, 1.807) is 0 Å². The Balaban J connectivity index is 2.33. The molecule has 68 valence electrons. The van der Waals surface area contributed by atoms with E-state index in [2.05, 4.69) is 10.5 Å². The summed E-state index contributed by atoms with van der Waals surface area (Å²) in [5.74, 6) is 0.840. The Morgan fingerprint density at radius 1 is 1.75 bits per heavy atom. The topological polar surface area (TPSA) is 64.1 Å². The third kappa shape index (κ3) is 2.64. The molecule has 1 rings (SSSR count). The summed E-state index contributed by atoms with van der Waals surface area (Å²) in [4.78, 5) is 0. The summed E-state index contributed by atoms with van der Waals surface area (Å²) in [5, 5.41) is 7.06. The molecule has 0 fully saturated rings. The molecule has 0 spiro atoms. The molecule has 0 aliphatic carbocycles. The fourth-order valence-corrected chi connectivity index (χ4v) is 0.863. The molecule has 0 aliphatic heterocycles. The first-order chi connectivity index (χ1) is 5.72. The molecule has 0 saturated heterocycles. The maximum absolute atomic E-state index is 5.44. The van der Waals surface area contributed by atoms with Gasteiger partial charge in [0.1, 0.15) is 5.76 Å². The zero-order valence-corrected chi connectivity index (χ0v) is 7.50. The second kappa shape index (κ2) is 4.23. The minimum atomic E-state index is 0.321. The van der Waals surface area contributed by atoms with E-state index in [-0.39, 0.29) is 0 Å². The zero-order valence-electron chi connectivity index (χ0n) is 7.50. The van der Waals surface area contributed by atoms with Gasteiger partial charge >= 0.3 is 0 Å². The molecule has 4 nitrogen and oxygen atoms in total. The number of aryl methyl sites for hydroxylation is 1. The van der Waals surface area contributed by atoms with E-state index in [1.165, 1.54) is 0 Å². The Labute approximate surface area is 72.1 Å². The summed E-state index contributed by atoms with van der Waals surface area (Å²) < 4.78 is 4.91. The van der Waals surface area contributed by atoms with Gasteiger partial charge in [-0.05, 0) is 13.8 Å². The Bertz CT molecular complexity index is 234. The van der Waals surface area contributed by atoms with Crippen LogP contribution in [0.2, 0.25) is 0 Å². The quantitative estimate of drug-likeness (QED) is 0.685. The normalized spacial score (nSPS) is 13.2. The first-order valence-corrected chi connectivity index (χ1v) is 4.08. The minimum Gasteiger partial charge on any atom is -0.361 e. The van der Waals surface area contributed by atoms with Crippen LogP contribution in [0.25, 0.3) is 0 Å². The highest BCUT2D eigenvalue weighted by atomic mass is 16.5. The van der Waals surface area contributed by atoms with E-state index in [9.17, 15) is 0 Å². The maximum atomic E-state index is 5.44. The highest BCUT2D eigenvalue weighted by molar-refractivity contribution is 5.02. The van der Waals surface area contributed by atoms with Crippen LogP contribution in [0, 0.1) is 6.92 Å². The lowest BCUT2D eigenvalue weighted by Crippen LogP contribution is -2.32. The average molecular weight is 169 g/mol. The van der Waals surface area contributed by atoms with E-state index < -0.39 is 0 Å². The Kier molecular flexibility index (Phi) is 3.25. The summed E-state index contributed by atoms with van der Waals surface area (Å²) in [6, 6.07) is 2.23. The molecule has 0 amide bonds. The Hall–Kier alpha value is -0.870. The number of hydrogen-bond donors (Lipinski definition) is 2. The van der Waals surface area contributed by atoms with Crippen molar-refractivity contribution in [3.63, 3.8) is 0 Å². The first-order valence-electron chi connectivity index (χ1n) is 4.08. The van der Waals surface area contributed by atoms with Crippen LogP contribution in [-0.2, 0) is 6.54 Å². The fraction of sp³-hybridized carbons (Fsp3) is 0.625. The molecule has 0 saturated carbocycles. The second-order valence-corrected chi connectivity index (χ2v) is 2.95. The third-order valence-electron chi connectivity index (χ3n) is 1.66. The van der Waals surface area contributed by atoms with Crippen molar-refractivity contribution in [3.8, 4) is 0 Å². The van der Waals surface area contributed by atoms with Gasteiger partial charge in [-0.1, -0.05) is 5.16 Å². The van der Waals surface area contributed by atoms with Gasteiger partial charge in [-0.25, -0.2) is 0 Å². The number of aromatic nitrogens is 1. The monoisotopic (exact) mass is 169 g/mol. The van der Waals surface area contributed by atoms with Crippen molar-refractivity contribution in [2.24, 2.45) is 5.73 Å². The van der Waals surface area contributed by atoms with Crippen LogP contribution in [0.15, 0.2) is 10.6 Å². The van der Waals surface area contributed by atoms with Crippen LogP contribution in [-0.4, -0.2) is 17.7 Å². The van der Waals surface area contributed by atoms with Crippen LogP contribution < -0.4 is 11.1 Å². The molecule has 1 aromatic rings. The third-order valence-corrected chi connectivity index (χ3v) is 1.66. The van der Waals surface area contributed by atoms with Gasteiger partial charge in [-0.15, -0.1) is 0 Å². The first kappa shape index (κ1) is 9.22. The van der Waals surface area contributed by atoms with Crippen molar-refractivity contribution in [1.82, 2.24) is 10.5 Å². The van der Waals surface area contributed by atoms with Crippen molar-refractivity contribution in [1.29, 1.82) is 0 Å². The maximum Gasteiger partial charge on any atom is 0.133 e. The van der Waals surface area contributed by atoms with Crippen LogP contribution in [0.5, 0.6) is 0 Å². The number of hydrogen-bond acceptors (Lipinski definition) is 4. The van der Waals surface area contributed by atoms with Gasteiger partial charge in [0.05, 0.1) is 5.69 Å². The SMILES string of the molecule is Cc1cc(CN[C@@H](C)CN)no1. The molecule has 4 heteroatoms. The van der Waals surface area contributed by atoms with Gasteiger partial charge in [0.15, 0.2) is 0 Å². The standard InChI is InChI=1S/C8H15N3O/c1-6(4-9)10-5-8-3-7(2)12-11-8/h3,6,10H,4-5,9H2,1-2H3/t6-/m0/s1. The Morgan fingerprint density at radius 2 is 2.50 bits per heavy atom. The molecule has 3 N–H and O–H groups in total. The summed E-state index contributed by atoms with van der Waals surface area (Å²) in [7, 11) is 0. The summed E-state index contributed by atoms with van der Waals surface area (Å²) >= 11 is 0. The predicted molar refractivity (Wildman–Crippen MR) is 46.6 cm³/mol. The Morgan fingerprint density at radius 3 is 3.00 bits per heavy atom. The minimum absolute atomic E-state index is 0.321. The van der Waals surface area contributed by atoms with E-state index in [1.807, 2.05) is 19.9 Å². The molecule has 0 bridgehead atoms. The van der Waals surface area contributed by atoms with Crippen molar-refractivity contribution >= 4 is 0 Å². The highest BCUT2D eigenvalue weighted by Crippen LogP contribution is 2.00. The molecule has 1 heterocycles. The van der Waals surface area contributed by atoms with Gasteiger partial charge in [-0.2, -0.15) is 0 Å². The lowest BCUT2D eigenvalue weighted by atomic mass is 10.3. The number of rotatable bonds is 4. The van der Waals surface area contributed by atoms with Crippen LogP contribution in [0.4, 0.5) is 0 Å². The lowest BCUT2D eigenvalue weighted by molar-refractivity contribution is 0.386. The largest absolute Gasteiger partial charge is 0.361 e. The smallest absolute Gasteiger partial charge is 0.133 e. The van der Waals surface area contributed by atoms with E-state index in [4.69, 9.17) is 10.3 Å². The molecular formula is C8H15N3O. The summed E-state index contributed by atoms with van der Waals surface area (Å²) in [6.45, 7) is 5.27. The van der Waals surface area contributed by atoms with Gasteiger partial charge in [0, 0.05) is 25.2 Å². The van der Waals surface area contributed by atoms with Crippen LogP contribution >= 0.6 is 0 Å². The molecule has 1 atom stereocenters. The van der Waals surface area contributed by atoms with Gasteiger partial charge in [0.25, 0.3) is 0 Å². The van der Waals surface area contributed by atoms with Crippen LogP contribution in [0.1, 0.15) is 18.4 Å². The zero-order chi connectivity index (χ0) is 8.97. The van der Waals surface area contributed by atoms with E-state index in [0.29, 0.717) is 12.6 Å². The molecule has 0 aromatic carbocycles. The van der Waals surface area contributed by atoms with E-state index >= 15 is 0 Å². The summed E-state index contributed by atoms with van der Waals surface area (Å²) in [6.07, 6.45) is 0. The van der Waals surface area contributed by atoms with Gasteiger partial charge in [-0.3, -0.25) is 0 Å². The van der Waals surface area contributed by atoms with Crippen molar-refractivity contribution in [2.75, 3.05) is 6.54 Å². The molecule has 1 aromatic heterocycles. The molecule has 0 unspecified atom stereocenters. The molecular weight excluding hydrogens is 154 g/mol. The molecule has 0 radical (unpaired) electrons. The second-order valence-electron chi connectivity index (χ2n) is 2.95. The average Bonchev–Trinajstić information content (AvgIpc) is 2.47. The predicted octanol–water partition coefficient (Wildman–Crippen LogP) is 0.420. The van der Waals surface area contributed by atoms with Gasteiger partial charge < -0.3 is 15.6 Å². The van der Waals surface area contributed by atoms with Crippen molar-refractivity contribution in [3.05, 3.63) is 17.5 Å². The number of nitrogens with zero attached hydrogens (tertiary/aromatic N) is 1. The lowest BCUT2D eigenvalue weighted by Gasteiger charge is -2.08. The molecule has 0 aliphatic rings. The fourth-order valence-electron chi connectivity index (χ4n) is 0.863. The van der Waals surface area contributed by atoms with Crippen LogP contribution in [0.3, 0.4) is 0 Å². The highest BCUT2D eigenvalue weighted by Gasteiger charge is 2.01. The molecule has 12 heavy (non-hydrogen) atoms. The van der Waals surface area contributed by atoms with Gasteiger partial charge in [0.2, 0.25) is 0 Å². The summed E-state index contributed by atoms with van der Waals surface area (Å²) in [5.41, 5.74) is 6.36. The number of nitrogens with one attached hydrogen (secondary N) is 1. The van der Waals surface area contributed by atoms with Crippen molar-refractivity contribution in [2.45, 2.75) is 26.4 Å². The van der Waals surface area contributed by atoms with E-state index in [0.717, 1.165) is 18.0 Å². The number of nitrogens with two attached hydrogens (primary N) is 1.